The van der Waals surface area contributed by atoms with Crippen LogP contribution < -0.4 is 34.9 Å². The van der Waals surface area contributed by atoms with Gasteiger partial charge in [-0.1, -0.05) is 41.4 Å². The summed E-state index contributed by atoms with van der Waals surface area (Å²) in [5.41, 5.74) is 0.394. The van der Waals surface area contributed by atoms with Crippen LogP contribution >= 0.6 is 0 Å². The summed E-state index contributed by atoms with van der Waals surface area (Å²) < 4.78 is 9.83. The van der Waals surface area contributed by atoms with E-state index in [4.69, 9.17) is 22.1 Å². The molecular weight excluding hydrogens is 349 g/mol. The topological polar surface area (TPSA) is 64.6 Å². The van der Waals surface area contributed by atoms with Crippen molar-refractivity contribution < 1.29 is 48.6 Å². The molecule has 0 bridgehead atoms. The smallest absolute Gasteiger partial charge is 0.761 e. The van der Waals surface area contributed by atoms with Crippen molar-refractivity contribution in [3.05, 3.63) is 53.1 Å². The number of anilines is 1. The maximum atomic E-state index is 12.1. The number of hydrogen-bond acceptors (Lipinski definition) is 6. The van der Waals surface area contributed by atoms with Gasteiger partial charge < -0.3 is 27.4 Å². The molecule has 0 spiro atoms. The Kier molecular flexibility index (Phi) is 8.92. The maximum absolute atomic E-state index is 12.1. The van der Waals surface area contributed by atoms with E-state index in [1.54, 1.807) is 13.8 Å². The summed E-state index contributed by atoms with van der Waals surface area (Å²) in [7, 11) is 0. The second-order valence-electron chi connectivity index (χ2n) is 4.80. The Balaban J connectivity index is 0.00000312. The van der Waals surface area contributed by atoms with Crippen LogP contribution in [0.3, 0.4) is 0 Å². The summed E-state index contributed by atoms with van der Waals surface area (Å²) in [6, 6.07) is 13.4. The van der Waals surface area contributed by atoms with Crippen molar-refractivity contribution in [3.8, 4) is 0 Å². The zero-order valence-electron chi connectivity index (χ0n) is 14.5. The first-order valence-corrected chi connectivity index (χ1v) is 7.99. The molecule has 126 valence electrons. The van der Waals surface area contributed by atoms with Crippen LogP contribution in [0.1, 0.15) is 13.8 Å². The van der Waals surface area contributed by atoms with E-state index in [0.29, 0.717) is 5.69 Å². The average Bonchev–Trinajstić information content (AvgIpc) is 2.56. The fourth-order valence-corrected chi connectivity index (χ4v) is 2.47. The number of benzene rings is 2. The third kappa shape index (κ3) is 5.44. The summed E-state index contributed by atoms with van der Waals surface area (Å²) in [5, 5.41) is 4.87. The molecule has 2 aromatic carbocycles. The van der Waals surface area contributed by atoms with Crippen LogP contribution in [0.4, 0.5) is 5.69 Å². The van der Waals surface area contributed by atoms with Gasteiger partial charge in [0, 0.05) is 11.1 Å². The number of ether oxygens (including phenoxy) is 2. The molecule has 0 radical (unpaired) electrons. The Hall–Kier alpha value is -1.60. The van der Waals surface area contributed by atoms with Gasteiger partial charge in [-0.25, -0.2) is 9.59 Å². The summed E-state index contributed by atoms with van der Waals surface area (Å²) in [6.07, 6.45) is 0. The van der Waals surface area contributed by atoms with Crippen molar-refractivity contribution >= 4 is 41.0 Å². The molecule has 0 fully saturated rings. The first kappa shape index (κ1) is 21.4. The van der Waals surface area contributed by atoms with Gasteiger partial charge >= 0.3 is 41.5 Å². The van der Waals surface area contributed by atoms with Crippen LogP contribution in [0.15, 0.2) is 53.1 Å². The normalized spacial score (nSPS) is 9.68. The summed E-state index contributed by atoms with van der Waals surface area (Å²) in [5.74, 6) is -1.60. The molecule has 0 aliphatic carbocycles. The SMILES string of the molecule is CCOC(=O)C(C(=O)OCC)=C([S-])Nc1cccc2ccccc12.[Na+]. The largest absolute Gasteiger partial charge is 1.00 e. The van der Waals surface area contributed by atoms with Gasteiger partial charge in [-0.15, -0.1) is 0 Å². The van der Waals surface area contributed by atoms with Gasteiger partial charge in [0.1, 0.15) is 5.57 Å². The van der Waals surface area contributed by atoms with E-state index >= 15 is 0 Å². The van der Waals surface area contributed by atoms with Gasteiger partial charge in [0.2, 0.25) is 0 Å². The van der Waals surface area contributed by atoms with Crippen molar-refractivity contribution in [2.45, 2.75) is 13.8 Å². The van der Waals surface area contributed by atoms with Crippen LogP contribution in [0, 0.1) is 0 Å². The van der Waals surface area contributed by atoms with E-state index in [1.807, 2.05) is 42.5 Å². The quantitative estimate of drug-likeness (QED) is 0.196. The molecule has 0 aliphatic heterocycles. The fourth-order valence-electron chi connectivity index (χ4n) is 2.19. The van der Waals surface area contributed by atoms with Gasteiger partial charge in [-0.2, -0.15) is 0 Å². The number of nitrogens with one attached hydrogen (secondary N) is 1. The Morgan fingerprint density at radius 2 is 1.52 bits per heavy atom. The third-order valence-electron chi connectivity index (χ3n) is 3.22. The Morgan fingerprint density at radius 1 is 0.960 bits per heavy atom. The fraction of sp³-hybridized carbons (Fsp3) is 0.222. The van der Waals surface area contributed by atoms with E-state index in [9.17, 15) is 9.59 Å². The monoisotopic (exact) mass is 367 g/mol. The van der Waals surface area contributed by atoms with E-state index in [2.05, 4.69) is 5.32 Å². The van der Waals surface area contributed by atoms with Crippen LogP contribution in [0.2, 0.25) is 0 Å². The molecule has 0 heterocycles. The molecule has 0 aromatic heterocycles. The standard InChI is InChI=1S/C18H19NO4S.Na/c1-3-22-17(20)15(18(21)23-4-2)16(24)19-14-11-7-9-12-8-5-6-10-13(12)14;/h5-11,19,24H,3-4H2,1-2H3;/q;+1/p-1. The molecule has 0 amide bonds. The van der Waals surface area contributed by atoms with Crippen molar-refractivity contribution in [3.63, 3.8) is 0 Å². The van der Waals surface area contributed by atoms with E-state index in [1.165, 1.54) is 0 Å². The number of fused-ring (bicyclic) bond motifs is 1. The van der Waals surface area contributed by atoms with Crippen LogP contribution in [-0.4, -0.2) is 25.2 Å². The molecule has 0 saturated heterocycles. The Morgan fingerprint density at radius 3 is 2.12 bits per heavy atom. The molecule has 0 atom stereocenters. The second-order valence-corrected chi connectivity index (χ2v) is 5.21. The molecule has 2 aromatic rings. The van der Waals surface area contributed by atoms with Gasteiger partial charge in [-0.05, 0) is 25.3 Å². The van der Waals surface area contributed by atoms with Gasteiger partial charge in [0.15, 0.2) is 0 Å². The number of carbonyl (C=O) groups excluding carboxylic acids is 2. The number of esters is 2. The molecular formula is C18H18NNaO4S. The first-order chi connectivity index (χ1) is 11.6. The van der Waals surface area contributed by atoms with Crippen molar-refractivity contribution in [1.82, 2.24) is 0 Å². The minimum absolute atomic E-state index is 0. The molecule has 7 heteroatoms. The second kappa shape index (κ2) is 10.4. The number of rotatable bonds is 6. The summed E-state index contributed by atoms with van der Waals surface area (Å²) in [6.45, 7) is 3.58. The Bertz CT molecular complexity index is 766. The Labute approximate surface area is 174 Å². The van der Waals surface area contributed by atoms with Crippen molar-refractivity contribution in [2.75, 3.05) is 18.5 Å². The number of hydrogen-bond donors (Lipinski definition) is 1. The number of carbonyl (C=O) groups is 2. The first-order valence-electron chi connectivity index (χ1n) is 7.58. The molecule has 0 saturated carbocycles. The van der Waals surface area contributed by atoms with Crippen LogP contribution in [0.25, 0.3) is 10.8 Å². The predicted octanol–water partition coefficient (Wildman–Crippen LogP) is 0.140. The van der Waals surface area contributed by atoms with Crippen molar-refractivity contribution in [1.29, 1.82) is 0 Å². The van der Waals surface area contributed by atoms with Crippen LogP contribution in [-0.2, 0) is 31.7 Å². The van der Waals surface area contributed by atoms with E-state index in [0.717, 1.165) is 10.8 Å². The third-order valence-corrected chi connectivity index (χ3v) is 3.53. The minimum atomic E-state index is -0.798. The van der Waals surface area contributed by atoms with E-state index < -0.39 is 11.9 Å². The predicted molar refractivity (Wildman–Crippen MR) is 95.2 cm³/mol. The van der Waals surface area contributed by atoms with Gasteiger partial charge in [-0.3, -0.25) is 0 Å². The molecule has 0 unspecified atom stereocenters. The summed E-state index contributed by atoms with van der Waals surface area (Å²) in [4.78, 5) is 24.1. The average molecular weight is 367 g/mol. The van der Waals surface area contributed by atoms with Gasteiger partial charge in [0.25, 0.3) is 0 Å². The molecule has 2 rings (SSSR count). The molecule has 0 aliphatic rings. The summed E-state index contributed by atoms with van der Waals surface area (Å²) >= 11 is 5.25. The van der Waals surface area contributed by atoms with Crippen molar-refractivity contribution in [2.24, 2.45) is 0 Å². The molecule has 5 nitrogen and oxygen atoms in total. The van der Waals surface area contributed by atoms with Gasteiger partial charge in [0.05, 0.1) is 13.2 Å². The minimum Gasteiger partial charge on any atom is -0.761 e. The maximum Gasteiger partial charge on any atom is 1.00 e. The zero-order chi connectivity index (χ0) is 17.5. The zero-order valence-corrected chi connectivity index (χ0v) is 17.3. The van der Waals surface area contributed by atoms with Crippen LogP contribution in [0.5, 0.6) is 0 Å². The molecule has 25 heavy (non-hydrogen) atoms. The van der Waals surface area contributed by atoms with E-state index in [-0.39, 0.29) is 53.4 Å². The molecule has 1 N–H and O–H groups in total.